The van der Waals surface area contributed by atoms with E-state index < -0.39 is 0 Å². The molecule has 0 saturated carbocycles. The molecule has 3 aromatic rings. The van der Waals surface area contributed by atoms with Crippen molar-refractivity contribution in [2.75, 3.05) is 26.2 Å². The van der Waals surface area contributed by atoms with Crippen molar-refractivity contribution in [3.05, 3.63) is 53.1 Å². The molecule has 1 N–H and O–H groups in total. The molecule has 27 heavy (non-hydrogen) atoms. The molecular weight excluding hydrogens is 380 g/mol. The van der Waals surface area contributed by atoms with Crippen LogP contribution in [0.5, 0.6) is 0 Å². The number of carbonyl (C=O) groups is 1. The summed E-state index contributed by atoms with van der Waals surface area (Å²) in [4.78, 5) is 18.4. The average Bonchev–Trinajstić information content (AvgIpc) is 3.39. The van der Waals surface area contributed by atoms with Gasteiger partial charge in [-0.05, 0) is 30.2 Å². The van der Waals surface area contributed by atoms with E-state index in [4.69, 9.17) is 0 Å². The Morgan fingerprint density at radius 3 is 2.89 bits per heavy atom. The maximum absolute atomic E-state index is 12.5. The van der Waals surface area contributed by atoms with E-state index in [2.05, 4.69) is 45.6 Å². The molecule has 0 radical (unpaired) electrons. The van der Waals surface area contributed by atoms with Crippen molar-refractivity contribution in [1.82, 2.24) is 30.0 Å². The van der Waals surface area contributed by atoms with Crippen molar-refractivity contribution >= 4 is 29.0 Å². The summed E-state index contributed by atoms with van der Waals surface area (Å²) >= 11 is 3.00. The summed E-state index contributed by atoms with van der Waals surface area (Å²) in [6.45, 7) is 5.23. The van der Waals surface area contributed by atoms with Crippen molar-refractivity contribution in [3.63, 3.8) is 0 Å². The third-order valence-electron chi connectivity index (χ3n) is 4.47. The van der Waals surface area contributed by atoms with E-state index in [0.717, 1.165) is 42.0 Å². The standard InChI is InChI=1S/C18H20N6OS2/c1-13-10-15(24-9-6-20-12-24)3-2-14(13)11-26-18-22-21-16(27-18)17(25)23-7-4-19-5-8-23/h2-3,6,9-10,12,19H,4-5,7-8,11H2,1H3. The Labute approximate surface area is 165 Å². The van der Waals surface area contributed by atoms with Gasteiger partial charge in [-0.1, -0.05) is 29.2 Å². The second kappa shape index (κ2) is 8.20. The van der Waals surface area contributed by atoms with Crippen LogP contribution in [0.2, 0.25) is 0 Å². The predicted octanol–water partition coefficient (Wildman–Crippen LogP) is 2.37. The summed E-state index contributed by atoms with van der Waals surface area (Å²) in [6.07, 6.45) is 5.50. The number of thioether (sulfide) groups is 1. The maximum atomic E-state index is 12.5. The third kappa shape index (κ3) is 4.20. The Balaban J connectivity index is 1.39. The number of piperazine rings is 1. The lowest BCUT2D eigenvalue weighted by Gasteiger charge is -2.26. The van der Waals surface area contributed by atoms with Crippen LogP contribution in [0.25, 0.3) is 5.69 Å². The van der Waals surface area contributed by atoms with E-state index in [1.807, 2.05) is 15.7 Å². The number of carbonyl (C=O) groups excluding carboxylic acids is 1. The van der Waals surface area contributed by atoms with Gasteiger partial charge in [-0.25, -0.2) is 4.98 Å². The van der Waals surface area contributed by atoms with E-state index in [9.17, 15) is 4.79 Å². The van der Waals surface area contributed by atoms with Gasteiger partial charge in [0.05, 0.1) is 6.33 Å². The zero-order valence-corrected chi connectivity index (χ0v) is 16.6. The minimum atomic E-state index is -0.0123. The van der Waals surface area contributed by atoms with Gasteiger partial charge in [0, 0.05) is 50.0 Å². The smallest absolute Gasteiger partial charge is 0.284 e. The molecule has 140 valence electrons. The molecule has 2 aromatic heterocycles. The third-order valence-corrected chi connectivity index (χ3v) is 6.57. The number of amides is 1. The molecular formula is C18H20N6OS2. The average molecular weight is 401 g/mol. The summed E-state index contributed by atoms with van der Waals surface area (Å²) in [5, 5.41) is 12.0. The fourth-order valence-electron chi connectivity index (χ4n) is 2.91. The quantitative estimate of drug-likeness (QED) is 0.663. The Kier molecular flexibility index (Phi) is 5.51. The monoisotopic (exact) mass is 400 g/mol. The van der Waals surface area contributed by atoms with Gasteiger partial charge in [0.15, 0.2) is 4.34 Å². The van der Waals surface area contributed by atoms with Gasteiger partial charge in [-0.2, -0.15) is 0 Å². The molecule has 0 spiro atoms. The maximum Gasteiger partial charge on any atom is 0.284 e. The minimum Gasteiger partial charge on any atom is -0.334 e. The van der Waals surface area contributed by atoms with Crippen LogP contribution in [0.4, 0.5) is 0 Å². The van der Waals surface area contributed by atoms with Gasteiger partial charge < -0.3 is 14.8 Å². The molecule has 9 heteroatoms. The number of imidazole rings is 1. The first-order valence-electron chi connectivity index (χ1n) is 8.75. The molecule has 1 saturated heterocycles. The SMILES string of the molecule is Cc1cc(-n2ccnc2)ccc1CSc1nnc(C(=O)N2CCNCC2)s1. The fourth-order valence-corrected chi connectivity index (χ4v) is 4.81. The number of nitrogens with zero attached hydrogens (tertiary/aromatic N) is 5. The van der Waals surface area contributed by atoms with E-state index in [1.165, 1.54) is 22.5 Å². The Hall–Kier alpha value is -2.23. The summed E-state index contributed by atoms with van der Waals surface area (Å²) in [5.74, 6) is 0.786. The lowest BCUT2D eigenvalue weighted by molar-refractivity contribution is 0.0734. The van der Waals surface area contributed by atoms with Crippen LogP contribution in [-0.2, 0) is 5.75 Å². The second-order valence-corrected chi connectivity index (χ2v) is 8.48. The van der Waals surface area contributed by atoms with Crippen LogP contribution >= 0.6 is 23.1 Å². The molecule has 0 bridgehead atoms. The van der Waals surface area contributed by atoms with Gasteiger partial charge in [-0.3, -0.25) is 4.79 Å². The van der Waals surface area contributed by atoms with Crippen molar-refractivity contribution in [1.29, 1.82) is 0 Å². The number of hydrogen-bond acceptors (Lipinski definition) is 7. The highest BCUT2D eigenvalue weighted by atomic mass is 32.2. The molecule has 1 aromatic carbocycles. The van der Waals surface area contributed by atoms with Crippen LogP contribution in [0.1, 0.15) is 20.9 Å². The number of hydrogen-bond donors (Lipinski definition) is 1. The molecule has 1 aliphatic rings. The number of nitrogens with one attached hydrogen (secondary N) is 1. The van der Waals surface area contributed by atoms with Crippen LogP contribution in [0.15, 0.2) is 41.3 Å². The first kappa shape index (κ1) is 18.1. The Morgan fingerprint density at radius 2 is 2.15 bits per heavy atom. The van der Waals surface area contributed by atoms with Crippen LogP contribution in [-0.4, -0.2) is 56.7 Å². The van der Waals surface area contributed by atoms with Crippen LogP contribution < -0.4 is 5.32 Å². The summed E-state index contributed by atoms with van der Waals surface area (Å²) < 4.78 is 2.81. The number of benzene rings is 1. The van der Waals surface area contributed by atoms with Crippen LogP contribution in [0, 0.1) is 6.92 Å². The van der Waals surface area contributed by atoms with E-state index in [-0.39, 0.29) is 5.91 Å². The minimum absolute atomic E-state index is 0.0123. The lowest BCUT2D eigenvalue weighted by atomic mass is 10.1. The molecule has 1 aliphatic heterocycles. The molecule has 1 fully saturated rings. The summed E-state index contributed by atoms with van der Waals surface area (Å²) in [6, 6.07) is 6.37. The van der Waals surface area contributed by atoms with Crippen LogP contribution in [0.3, 0.4) is 0 Å². The Bertz CT molecular complexity index is 918. The highest BCUT2D eigenvalue weighted by Gasteiger charge is 2.21. The zero-order chi connectivity index (χ0) is 18.6. The van der Waals surface area contributed by atoms with Crippen molar-refractivity contribution < 1.29 is 4.79 Å². The molecule has 0 atom stereocenters. The fraction of sp³-hybridized carbons (Fsp3) is 0.333. The molecule has 0 unspecified atom stereocenters. The molecule has 4 rings (SSSR count). The number of aromatic nitrogens is 4. The first-order valence-corrected chi connectivity index (χ1v) is 10.5. The highest BCUT2D eigenvalue weighted by molar-refractivity contribution is 8.00. The van der Waals surface area contributed by atoms with E-state index in [0.29, 0.717) is 5.01 Å². The first-order chi connectivity index (χ1) is 13.2. The summed E-state index contributed by atoms with van der Waals surface area (Å²) in [5.41, 5.74) is 3.56. The van der Waals surface area contributed by atoms with E-state index >= 15 is 0 Å². The van der Waals surface area contributed by atoms with E-state index in [1.54, 1.807) is 24.3 Å². The number of rotatable bonds is 5. The lowest BCUT2D eigenvalue weighted by Crippen LogP contribution is -2.46. The van der Waals surface area contributed by atoms with Gasteiger partial charge in [0.1, 0.15) is 0 Å². The topological polar surface area (TPSA) is 75.9 Å². The molecule has 7 nitrogen and oxygen atoms in total. The van der Waals surface area contributed by atoms with Gasteiger partial charge in [-0.15, -0.1) is 10.2 Å². The normalized spacial score (nSPS) is 14.5. The highest BCUT2D eigenvalue weighted by Crippen LogP contribution is 2.28. The zero-order valence-electron chi connectivity index (χ0n) is 15.0. The summed E-state index contributed by atoms with van der Waals surface area (Å²) in [7, 11) is 0. The van der Waals surface area contributed by atoms with Crippen molar-refractivity contribution in [2.45, 2.75) is 17.0 Å². The number of aryl methyl sites for hydroxylation is 1. The van der Waals surface area contributed by atoms with Gasteiger partial charge in [0.25, 0.3) is 5.91 Å². The molecule has 0 aliphatic carbocycles. The molecule has 1 amide bonds. The second-order valence-electron chi connectivity index (χ2n) is 6.28. The van der Waals surface area contributed by atoms with Gasteiger partial charge in [0.2, 0.25) is 5.01 Å². The van der Waals surface area contributed by atoms with Crippen molar-refractivity contribution in [2.24, 2.45) is 0 Å². The molecule has 3 heterocycles. The largest absolute Gasteiger partial charge is 0.334 e. The van der Waals surface area contributed by atoms with Gasteiger partial charge >= 0.3 is 0 Å². The predicted molar refractivity (Wildman–Crippen MR) is 107 cm³/mol. The van der Waals surface area contributed by atoms with Crippen molar-refractivity contribution in [3.8, 4) is 5.69 Å². The Morgan fingerprint density at radius 1 is 1.30 bits per heavy atom.